The molecule has 0 aliphatic carbocycles. The van der Waals surface area contributed by atoms with E-state index < -0.39 is 0 Å². The number of rotatable bonds is 8. The highest BCUT2D eigenvalue weighted by molar-refractivity contribution is 7.22. The van der Waals surface area contributed by atoms with Crippen LogP contribution in [0.4, 0.5) is 17.1 Å². The lowest BCUT2D eigenvalue weighted by Gasteiger charge is -2.28. The highest BCUT2D eigenvalue weighted by Gasteiger charge is 2.19. The van der Waals surface area contributed by atoms with E-state index in [1.165, 1.54) is 22.3 Å². The number of anilines is 3. The summed E-state index contributed by atoms with van der Waals surface area (Å²) >= 11 is 1.72. The lowest BCUT2D eigenvalue weighted by molar-refractivity contribution is 0.669. The Morgan fingerprint density at radius 2 is 0.864 bits per heavy atom. The molecule has 0 aliphatic heterocycles. The van der Waals surface area contributed by atoms with Gasteiger partial charge in [0, 0.05) is 33.3 Å². The van der Waals surface area contributed by atoms with Gasteiger partial charge < -0.3 is 9.32 Å². The Labute approximate surface area is 346 Å². The van der Waals surface area contributed by atoms with Crippen molar-refractivity contribution < 1.29 is 4.42 Å². The predicted octanol–water partition coefficient (Wildman–Crippen LogP) is 16.0. The molecular formula is C55H36N2OS. The topological polar surface area (TPSA) is 29.3 Å². The van der Waals surface area contributed by atoms with E-state index in [-0.39, 0.29) is 0 Å². The van der Waals surface area contributed by atoms with Crippen molar-refractivity contribution in [3.8, 4) is 55.1 Å². The summed E-state index contributed by atoms with van der Waals surface area (Å²) in [4.78, 5) is 7.38. The van der Waals surface area contributed by atoms with Gasteiger partial charge in [-0.1, -0.05) is 164 Å². The number of hydrogen-bond donors (Lipinski definition) is 0. The van der Waals surface area contributed by atoms with Crippen LogP contribution in [0.3, 0.4) is 0 Å². The summed E-state index contributed by atoms with van der Waals surface area (Å²) in [6.45, 7) is 0. The SMILES string of the molecule is c1ccc(-c2ccc(-c3ccccc3N(c3ccc(-c4ccccc4)cc3)c3ccc(-c4ccc5oc6ccc7nc(-c8ccccc8)sc7c6c5c4)cc3)cc2)cc1. The Morgan fingerprint density at radius 3 is 1.49 bits per heavy atom. The van der Waals surface area contributed by atoms with Gasteiger partial charge in [0.1, 0.15) is 16.2 Å². The molecule has 4 heteroatoms. The first-order valence-corrected chi connectivity index (χ1v) is 20.7. The highest BCUT2D eigenvalue weighted by Crippen LogP contribution is 2.44. The van der Waals surface area contributed by atoms with Crippen LogP contribution in [0.15, 0.2) is 223 Å². The van der Waals surface area contributed by atoms with Crippen molar-refractivity contribution in [3.63, 3.8) is 0 Å². The molecule has 9 aromatic carbocycles. The first-order valence-electron chi connectivity index (χ1n) is 19.9. The quantitative estimate of drug-likeness (QED) is 0.154. The second kappa shape index (κ2) is 14.8. The average Bonchev–Trinajstić information content (AvgIpc) is 3.92. The number of aromatic nitrogens is 1. The van der Waals surface area contributed by atoms with Gasteiger partial charge in [0.15, 0.2) is 0 Å². The van der Waals surface area contributed by atoms with E-state index in [1.807, 2.05) is 6.07 Å². The van der Waals surface area contributed by atoms with E-state index in [4.69, 9.17) is 9.40 Å². The third kappa shape index (κ3) is 6.46. The van der Waals surface area contributed by atoms with Gasteiger partial charge in [-0.15, -0.1) is 11.3 Å². The van der Waals surface area contributed by atoms with Crippen molar-refractivity contribution in [3.05, 3.63) is 218 Å². The van der Waals surface area contributed by atoms with Crippen molar-refractivity contribution in [2.75, 3.05) is 4.90 Å². The number of thiazole rings is 1. The van der Waals surface area contributed by atoms with Crippen LogP contribution in [0.5, 0.6) is 0 Å². The van der Waals surface area contributed by atoms with Crippen LogP contribution in [0.2, 0.25) is 0 Å². The lowest BCUT2D eigenvalue weighted by Crippen LogP contribution is -2.11. The average molecular weight is 773 g/mol. The molecule has 0 fully saturated rings. The van der Waals surface area contributed by atoms with Crippen LogP contribution in [0, 0.1) is 0 Å². The van der Waals surface area contributed by atoms with E-state index in [0.29, 0.717) is 0 Å². The van der Waals surface area contributed by atoms with Crippen LogP contribution in [-0.4, -0.2) is 4.98 Å². The van der Waals surface area contributed by atoms with Gasteiger partial charge in [-0.3, -0.25) is 0 Å². The molecule has 3 nitrogen and oxygen atoms in total. The second-order valence-corrected chi connectivity index (χ2v) is 15.7. The van der Waals surface area contributed by atoms with Crippen LogP contribution in [-0.2, 0) is 0 Å². The summed E-state index contributed by atoms with van der Waals surface area (Å²) < 4.78 is 7.55. The molecule has 0 spiro atoms. The molecule has 2 aromatic heterocycles. The molecule has 0 aliphatic rings. The summed E-state index contributed by atoms with van der Waals surface area (Å²) in [5.74, 6) is 0. The molecular weight excluding hydrogens is 737 g/mol. The minimum absolute atomic E-state index is 0.876. The van der Waals surface area contributed by atoms with E-state index in [1.54, 1.807) is 11.3 Å². The van der Waals surface area contributed by atoms with Crippen LogP contribution < -0.4 is 4.90 Å². The zero-order valence-electron chi connectivity index (χ0n) is 32.0. The minimum Gasteiger partial charge on any atom is -0.456 e. The molecule has 0 unspecified atom stereocenters. The first kappa shape index (κ1) is 34.7. The summed E-state index contributed by atoms with van der Waals surface area (Å²) in [7, 11) is 0. The number of para-hydroxylation sites is 1. The third-order valence-electron chi connectivity index (χ3n) is 11.1. The normalized spacial score (nSPS) is 11.4. The molecule has 11 aromatic rings. The van der Waals surface area contributed by atoms with Gasteiger partial charge in [-0.05, 0) is 93.5 Å². The maximum Gasteiger partial charge on any atom is 0.137 e. The third-order valence-corrected chi connectivity index (χ3v) is 12.3. The van der Waals surface area contributed by atoms with Gasteiger partial charge in [-0.25, -0.2) is 4.98 Å². The molecule has 11 rings (SSSR count). The fourth-order valence-corrected chi connectivity index (χ4v) is 9.30. The van der Waals surface area contributed by atoms with Gasteiger partial charge in [0.25, 0.3) is 0 Å². The first-order chi connectivity index (χ1) is 29.2. The number of nitrogens with zero attached hydrogens (tertiary/aromatic N) is 2. The largest absolute Gasteiger partial charge is 0.456 e. The van der Waals surface area contributed by atoms with Crippen molar-refractivity contribution in [2.45, 2.75) is 0 Å². The Hall–Kier alpha value is -7.53. The molecule has 278 valence electrons. The van der Waals surface area contributed by atoms with Crippen LogP contribution in [0.25, 0.3) is 87.2 Å². The summed E-state index contributed by atoms with van der Waals surface area (Å²) in [6, 6.07) is 77.6. The number of benzene rings is 9. The lowest BCUT2D eigenvalue weighted by atomic mass is 9.98. The van der Waals surface area contributed by atoms with E-state index in [2.05, 4.69) is 217 Å². The number of hydrogen-bond acceptors (Lipinski definition) is 4. The molecule has 0 atom stereocenters. The van der Waals surface area contributed by atoms with Gasteiger partial charge in [0.05, 0.1) is 15.9 Å². The monoisotopic (exact) mass is 772 g/mol. The Morgan fingerprint density at radius 1 is 0.390 bits per heavy atom. The molecule has 2 heterocycles. The van der Waals surface area contributed by atoms with E-state index >= 15 is 0 Å². The molecule has 0 amide bonds. The van der Waals surface area contributed by atoms with Crippen LogP contribution >= 0.6 is 11.3 Å². The minimum atomic E-state index is 0.876. The molecule has 0 bridgehead atoms. The van der Waals surface area contributed by atoms with E-state index in [0.717, 1.165) is 82.0 Å². The maximum absolute atomic E-state index is 6.40. The molecule has 0 saturated heterocycles. The molecule has 0 radical (unpaired) electrons. The van der Waals surface area contributed by atoms with Crippen LogP contribution in [0.1, 0.15) is 0 Å². The number of furan rings is 1. The van der Waals surface area contributed by atoms with Gasteiger partial charge in [0.2, 0.25) is 0 Å². The predicted molar refractivity (Wildman–Crippen MR) is 249 cm³/mol. The number of fused-ring (bicyclic) bond motifs is 5. The summed E-state index contributed by atoms with van der Waals surface area (Å²) in [6.07, 6.45) is 0. The zero-order valence-corrected chi connectivity index (χ0v) is 32.8. The molecule has 59 heavy (non-hydrogen) atoms. The summed E-state index contributed by atoms with van der Waals surface area (Å²) in [5.41, 5.74) is 16.5. The summed E-state index contributed by atoms with van der Waals surface area (Å²) in [5, 5.41) is 3.23. The van der Waals surface area contributed by atoms with Gasteiger partial charge in [-0.2, -0.15) is 0 Å². The molecule has 0 saturated carbocycles. The Balaban J connectivity index is 0.993. The second-order valence-electron chi connectivity index (χ2n) is 14.7. The smallest absolute Gasteiger partial charge is 0.137 e. The van der Waals surface area contributed by atoms with Crippen molar-refractivity contribution in [1.29, 1.82) is 0 Å². The zero-order chi connectivity index (χ0) is 39.1. The fraction of sp³-hybridized carbons (Fsp3) is 0. The van der Waals surface area contributed by atoms with Gasteiger partial charge >= 0.3 is 0 Å². The maximum atomic E-state index is 6.40. The Bertz CT molecular complexity index is 3230. The van der Waals surface area contributed by atoms with Crippen molar-refractivity contribution in [1.82, 2.24) is 4.98 Å². The van der Waals surface area contributed by atoms with E-state index in [9.17, 15) is 0 Å². The highest BCUT2D eigenvalue weighted by atomic mass is 32.1. The fourth-order valence-electron chi connectivity index (χ4n) is 8.18. The Kier molecular flexibility index (Phi) is 8.68. The van der Waals surface area contributed by atoms with Crippen molar-refractivity contribution >= 4 is 60.6 Å². The standard InChI is InChI=1S/C55H36N2OS/c1-4-12-37(13-5-1)39-20-22-42(23-21-39)47-18-10-11-19-50(47)57(45-29-24-40(25-30-45)38-14-6-2-7-15-38)46-31-26-41(27-32-46)44-28-34-51-48(36-44)53-52(58-51)35-33-49-54(53)59-55(56-49)43-16-8-3-9-17-43/h1-36H. The van der Waals surface area contributed by atoms with Crippen molar-refractivity contribution in [2.24, 2.45) is 0 Å². The molecule has 0 N–H and O–H groups in total.